The predicted octanol–water partition coefficient (Wildman–Crippen LogP) is 3.06. The van der Waals surface area contributed by atoms with Crippen LogP contribution in [0.15, 0.2) is 22.7 Å². The molecule has 0 amide bonds. The van der Waals surface area contributed by atoms with Gasteiger partial charge in [0.05, 0.1) is 17.6 Å². The quantitative estimate of drug-likeness (QED) is 0.322. The van der Waals surface area contributed by atoms with Gasteiger partial charge in [-0.2, -0.15) is 0 Å². The zero-order valence-corrected chi connectivity index (χ0v) is 13.9. The van der Waals surface area contributed by atoms with E-state index in [4.69, 9.17) is 9.05 Å². The van der Waals surface area contributed by atoms with Crippen LogP contribution in [-0.4, -0.2) is 32.2 Å². The molecule has 1 rings (SSSR count). The fourth-order valence-electron chi connectivity index (χ4n) is 1.73. The van der Waals surface area contributed by atoms with Crippen molar-refractivity contribution >= 4 is 35.2 Å². The summed E-state index contributed by atoms with van der Waals surface area (Å²) in [6, 6.07) is 3.98. The first kappa shape index (κ1) is 17.8. The Hall–Kier alpha value is -1.28. The van der Waals surface area contributed by atoms with E-state index < -0.39 is 29.8 Å². The average molecular weight is 382 g/mol. The molecular weight excluding hydrogens is 369 g/mol. The molecule has 10 heteroatoms. The first-order chi connectivity index (χ1) is 9.80. The van der Waals surface area contributed by atoms with Crippen LogP contribution in [0.1, 0.15) is 11.2 Å². The number of ether oxygens (including phenoxy) is 1. The summed E-state index contributed by atoms with van der Waals surface area (Å²) in [5.74, 6) is -0.951. The zero-order valence-electron chi connectivity index (χ0n) is 11.4. The molecule has 1 unspecified atom stereocenters. The van der Waals surface area contributed by atoms with Crippen LogP contribution in [0.25, 0.3) is 0 Å². The standard InChI is InChI=1S/C11H13BrNO7P/c1-18-11(14)10(21(17,19-2)20-3)8-5-4-7(12)6-9(8)13(15)16/h4-6,10H,1-3H3. The van der Waals surface area contributed by atoms with E-state index in [1.807, 2.05) is 0 Å². The largest absolute Gasteiger partial charge is 0.468 e. The fourth-order valence-corrected chi connectivity index (χ4v) is 3.57. The van der Waals surface area contributed by atoms with Crippen molar-refractivity contribution in [1.82, 2.24) is 0 Å². The Bertz CT molecular complexity index is 598. The van der Waals surface area contributed by atoms with Gasteiger partial charge >= 0.3 is 13.6 Å². The lowest BCUT2D eigenvalue weighted by Crippen LogP contribution is -2.17. The van der Waals surface area contributed by atoms with Gasteiger partial charge in [-0.1, -0.05) is 15.9 Å². The number of carbonyl (C=O) groups is 1. The molecule has 0 bridgehead atoms. The minimum absolute atomic E-state index is 0.109. The lowest BCUT2D eigenvalue weighted by Gasteiger charge is -2.22. The van der Waals surface area contributed by atoms with Crippen molar-refractivity contribution in [2.24, 2.45) is 0 Å². The van der Waals surface area contributed by atoms with E-state index in [0.717, 1.165) is 21.3 Å². The predicted molar refractivity (Wildman–Crippen MR) is 77.2 cm³/mol. The van der Waals surface area contributed by atoms with Crippen molar-refractivity contribution in [3.05, 3.63) is 38.3 Å². The summed E-state index contributed by atoms with van der Waals surface area (Å²) in [6.45, 7) is 0. The average Bonchev–Trinajstić information content (AvgIpc) is 2.48. The molecule has 1 aromatic rings. The number of hydrogen-bond donors (Lipinski definition) is 0. The van der Waals surface area contributed by atoms with E-state index in [9.17, 15) is 19.5 Å². The smallest absolute Gasteiger partial charge is 0.349 e. The monoisotopic (exact) mass is 381 g/mol. The first-order valence-corrected chi connectivity index (χ1v) is 7.94. The van der Waals surface area contributed by atoms with E-state index in [1.54, 1.807) is 0 Å². The Morgan fingerprint density at radius 1 is 1.33 bits per heavy atom. The van der Waals surface area contributed by atoms with Gasteiger partial charge in [-0.05, 0) is 12.1 Å². The zero-order chi connectivity index (χ0) is 16.2. The Morgan fingerprint density at radius 3 is 2.33 bits per heavy atom. The molecule has 0 aromatic heterocycles. The molecule has 8 nitrogen and oxygen atoms in total. The number of rotatable bonds is 6. The van der Waals surface area contributed by atoms with E-state index in [2.05, 4.69) is 20.7 Å². The number of nitrogens with zero attached hydrogens (tertiary/aromatic N) is 1. The lowest BCUT2D eigenvalue weighted by atomic mass is 10.1. The van der Waals surface area contributed by atoms with Crippen molar-refractivity contribution in [3.63, 3.8) is 0 Å². The topological polar surface area (TPSA) is 105 Å². The first-order valence-electron chi connectivity index (χ1n) is 5.53. The number of nitro benzene ring substituents is 1. The number of benzene rings is 1. The summed E-state index contributed by atoms with van der Waals surface area (Å²) in [5, 5.41) is 11.2. The highest BCUT2D eigenvalue weighted by Crippen LogP contribution is 2.61. The van der Waals surface area contributed by atoms with Gasteiger partial charge in [-0.25, -0.2) is 0 Å². The van der Waals surface area contributed by atoms with Crippen molar-refractivity contribution in [2.75, 3.05) is 21.3 Å². The molecule has 0 fully saturated rings. The molecule has 21 heavy (non-hydrogen) atoms. The molecule has 0 heterocycles. The Labute approximate surface area is 129 Å². The van der Waals surface area contributed by atoms with Gasteiger partial charge in [0.2, 0.25) is 0 Å². The van der Waals surface area contributed by atoms with Crippen molar-refractivity contribution < 1.29 is 28.1 Å². The molecule has 0 saturated heterocycles. The van der Waals surface area contributed by atoms with Crippen LogP contribution in [0.5, 0.6) is 0 Å². The summed E-state index contributed by atoms with van der Waals surface area (Å²) in [7, 11) is -0.706. The molecule has 0 aliphatic heterocycles. The van der Waals surface area contributed by atoms with E-state index >= 15 is 0 Å². The molecule has 0 saturated carbocycles. The highest BCUT2D eigenvalue weighted by atomic mass is 79.9. The maximum absolute atomic E-state index is 12.5. The number of esters is 1. The molecule has 0 N–H and O–H groups in total. The summed E-state index contributed by atoms with van der Waals surface area (Å²) >= 11 is 3.10. The Balaban J connectivity index is 3.58. The molecule has 0 radical (unpaired) electrons. The van der Waals surface area contributed by atoms with E-state index in [0.29, 0.717) is 4.47 Å². The van der Waals surface area contributed by atoms with E-state index in [1.165, 1.54) is 18.2 Å². The maximum atomic E-state index is 12.5. The van der Waals surface area contributed by atoms with Crippen molar-refractivity contribution in [2.45, 2.75) is 5.66 Å². The minimum atomic E-state index is -3.96. The summed E-state index contributed by atoms with van der Waals surface area (Å²) in [4.78, 5) is 22.4. The molecule has 0 aliphatic carbocycles. The lowest BCUT2D eigenvalue weighted by molar-refractivity contribution is -0.385. The second-order valence-electron chi connectivity index (χ2n) is 3.79. The number of nitro groups is 1. The number of methoxy groups -OCH3 is 1. The number of hydrogen-bond acceptors (Lipinski definition) is 7. The van der Waals surface area contributed by atoms with Crippen molar-refractivity contribution in [3.8, 4) is 0 Å². The van der Waals surface area contributed by atoms with Crippen LogP contribution in [0.3, 0.4) is 0 Å². The second kappa shape index (κ2) is 7.13. The Morgan fingerprint density at radius 2 is 1.90 bits per heavy atom. The third-order valence-corrected chi connectivity index (χ3v) is 5.37. The SMILES string of the molecule is COC(=O)C(c1ccc(Br)cc1[N+](=O)[O-])P(=O)(OC)OC. The summed E-state index contributed by atoms with van der Waals surface area (Å²) < 4.78 is 27.1. The molecule has 0 aliphatic rings. The van der Waals surface area contributed by atoms with Gasteiger partial charge in [-0.3, -0.25) is 19.5 Å². The van der Waals surface area contributed by atoms with Crippen LogP contribution < -0.4 is 0 Å². The highest BCUT2D eigenvalue weighted by Gasteiger charge is 2.45. The molecule has 1 aromatic carbocycles. The van der Waals surface area contributed by atoms with Crippen molar-refractivity contribution in [1.29, 1.82) is 0 Å². The van der Waals surface area contributed by atoms with Crippen LogP contribution in [0.2, 0.25) is 0 Å². The molecule has 0 spiro atoms. The van der Waals surface area contributed by atoms with Gasteiger partial charge in [0.15, 0.2) is 5.66 Å². The third kappa shape index (κ3) is 3.68. The number of halogens is 1. The Kier molecular flexibility index (Phi) is 6.03. The minimum Gasteiger partial charge on any atom is -0.468 e. The molecule has 1 atom stereocenters. The van der Waals surface area contributed by atoms with Gasteiger partial charge in [0.25, 0.3) is 5.69 Å². The molecular formula is C11H13BrNO7P. The third-order valence-electron chi connectivity index (χ3n) is 2.73. The van der Waals surface area contributed by atoms with Gasteiger partial charge in [0, 0.05) is 24.8 Å². The molecule has 116 valence electrons. The highest BCUT2D eigenvalue weighted by molar-refractivity contribution is 9.10. The normalized spacial score (nSPS) is 12.8. The van der Waals surface area contributed by atoms with Gasteiger partial charge in [-0.15, -0.1) is 0 Å². The second-order valence-corrected chi connectivity index (χ2v) is 7.03. The summed E-state index contributed by atoms with van der Waals surface area (Å²) in [5.41, 5.74) is -2.05. The summed E-state index contributed by atoms with van der Waals surface area (Å²) in [6.07, 6.45) is 0. The van der Waals surface area contributed by atoms with Gasteiger partial charge in [0.1, 0.15) is 0 Å². The fraction of sp³-hybridized carbons (Fsp3) is 0.364. The number of carbonyl (C=O) groups excluding carboxylic acids is 1. The van der Waals surface area contributed by atoms with Crippen LogP contribution in [0, 0.1) is 10.1 Å². The van der Waals surface area contributed by atoms with Crippen LogP contribution in [-0.2, 0) is 23.1 Å². The van der Waals surface area contributed by atoms with E-state index in [-0.39, 0.29) is 5.56 Å². The van der Waals surface area contributed by atoms with Gasteiger partial charge < -0.3 is 13.8 Å². The van der Waals surface area contributed by atoms with Crippen LogP contribution in [0.4, 0.5) is 5.69 Å². The van der Waals surface area contributed by atoms with Crippen LogP contribution >= 0.6 is 23.5 Å². The maximum Gasteiger partial charge on any atom is 0.349 e.